The smallest absolute Gasteiger partial charge is 0.421 e. The zero-order chi connectivity index (χ0) is 8.10. The van der Waals surface area contributed by atoms with Gasteiger partial charge in [-0.3, -0.25) is 5.43 Å². The quantitative estimate of drug-likeness (QED) is 0.269. The lowest BCUT2D eigenvalue weighted by molar-refractivity contribution is 0.0795. The molecule has 4 N–H and O–H groups in total. The maximum Gasteiger partial charge on any atom is 0.421 e. The van der Waals surface area contributed by atoms with Gasteiger partial charge >= 0.3 is 6.09 Å². The molecule has 11 heavy (non-hydrogen) atoms. The second-order valence-corrected chi connectivity index (χ2v) is 2.50. The molecule has 0 spiro atoms. The topological polar surface area (TPSA) is 76.4 Å². The number of ether oxygens (including phenoxy) is 1. The van der Waals surface area contributed by atoms with Crippen LogP contribution in [0.2, 0.25) is 0 Å². The number of hydrogen-bond donors (Lipinski definition) is 3. The Bertz CT molecular complexity index is 134. The first-order chi connectivity index (χ1) is 5.33. The van der Waals surface area contributed by atoms with Crippen molar-refractivity contribution >= 4 is 6.09 Å². The third-order valence-electron chi connectivity index (χ3n) is 1.68. The van der Waals surface area contributed by atoms with Crippen LogP contribution in [-0.4, -0.2) is 25.3 Å². The Hall–Kier alpha value is -0.810. The predicted molar refractivity (Wildman–Crippen MR) is 39.7 cm³/mol. The van der Waals surface area contributed by atoms with Crippen LogP contribution in [0.5, 0.6) is 0 Å². The van der Waals surface area contributed by atoms with Crippen molar-refractivity contribution in [1.82, 2.24) is 10.7 Å². The zero-order valence-corrected chi connectivity index (χ0v) is 6.30. The van der Waals surface area contributed by atoms with Crippen LogP contribution in [0.25, 0.3) is 0 Å². The first-order valence-corrected chi connectivity index (χ1v) is 3.71. The Morgan fingerprint density at radius 3 is 2.73 bits per heavy atom. The molecule has 0 unspecified atom stereocenters. The van der Waals surface area contributed by atoms with E-state index in [4.69, 9.17) is 10.6 Å². The van der Waals surface area contributed by atoms with E-state index < -0.39 is 6.09 Å². The molecule has 1 aliphatic rings. The van der Waals surface area contributed by atoms with Crippen LogP contribution < -0.4 is 16.6 Å². The van der Waals surface area contributed by atoms with Gasteiger partial charge in [0.25, 0.3) is 0 Å². The minimum atomic E-state index is -0.545. The van der Waals surface area contributed by atoms with Gasteiger partial charge in [-0.25, -0.2) is 10.6 Å². The minimum Gasteiger partial charge on any atom is -0.445 e. The molecule has 0 radical (unpaired) electrons. The van der Waals surface area contributed by atoms with Gasteiger partial charge in [0.2, 0.25) is 0 Å². The van der Waals surface area contributed by atoms with Crippen molar-refractivity contribution in [2.75, 3.05) is 13.1 Å². The fourth-order valence-electron chi connectivity index (χ4n) is 1.10. The molecule has 0 aromatic rings. The van der Waals surface area contributed by atoms with E-state index in [1.54, 1.807) is 0 Å². The Morgan fingerprint density at radius 2 is 2.18 bits per heavy atom. The normalized spacial score (nSPS) is 19.4. The molecule has 1 amide bonds. The fraction of sp³-hybridized carbons (Fsp3) is 0.833. The average molecular weight is 159 g/mol. The first-order valence-electron chi connectivity index (χ1n) is 3.71. The Balaban J connectivity index is 2.19. The van der Waals surface area contributed by atoms with Crippen molar-refractivity contribution in [2.24, 2.45) is 5.84 Å². The van der Waals surface area contributed by atoms with Crippen molar-refractivity contribution in [3.63, 3.8) is 0 Å². The number of nitrogens with two attached hydrogens (primary N) is 1. The highest BCUT2D eigenvalue weighted by Gasteiger charge is 2.16. The van der Waals surface area contributed by atoms with E-state index in [1.165, 1.54) is 0 Å². The van der Waals surface area contributed by atoms with Crippen LogP contribution in [0.15, 0.2) is 0 Å². The van der Waals surface area contributed by atoms with E-state index >= 15 is 0 Å². The molecule has 1 aliphatic heterocycles. The largest absolute Gasteiger partial charge is 0.445 e. The van der Waals surface area contributed by atoms with Gasteiger partial charge in [0.15, 0.2) is 0 Å². The molecule has 1 saturated heterocycles. The maximum absolute atomic E-state index is 10.6. The summed E-state index contributed by atoms with van der Waals surface area (Å²) in [5, 5.41) is 3.16. The lowest BCUT2D eigenvalue weighted by atomic mass is 10.1. The summed E-state index contributed by atoms with van der Waals surface area (Å²) >= 11 is 0. The summed E-state index contributed by atoms with van der Waals surface area (Å²) in [4.78, 5) is 10.6. The Labute approximate surface area is 65.2 Å². The molecular weight excluding hydrogens is 146 g/mol. The van der Waals surface area contributed by atoms with Crippen molar-refractivity contribution in [2.45, 2.75) is 18.9 Å². The molecule has 1 heterocycles. The van der Waals surface area contributed by atoms with Crippen molar-refractivity contribution in [3.8, 4) is 0 Å². The van der Waals surface area contributed by atoms with Gasteiger partial charge in [-0.15, -0.1) is 0 Å². The Morgan fingerprint density at radius 1 is 1.55 bits per heavy atom. The number of amides is 1. The molecule has 1 rings (SSSR count). The predicted octanol–water partition coefficient (Wildman–Crippen LogP) is -0.662. The molecule has 0 saturated carbocycles. The van der Waals surface area contributed by atoms with Crippen LogP contribution in [-0.2, 0) is 4.74 Å². The maximum atomic E-state index is 10.6. The molecule has 1 fully saturated rings. The van der Waals surface area contributed by atoms with Crippen LogP contribution in [0.4, 0.5) is 4.79 Å². The molecule has 0 aliphatic carbocycles. The summed E-state index contributed by atoms with van der Waals surface area (Å²) in [5.74, 6) is 4.85. The summed E-state index contributed by atoms with van der Waals surface area (Å²) in [6.07, 6.45) is 1.22. The first kappa shape index (κ1) is 8.29. The molecular formula is C6H13N3O2. The monoisotopic (exact) mass is 159 g/mol. The minimum absolute atomic E-state index is 0.0276. The number of carbonyl (C=O) groups is 1. The SMILES string of the molecule is NNC(=O)OC1CCNCC1. The molecule has 0 atom stereocenters. The van der Waals surface area contributed by atoms with Crippen LogP contribution in [0, 0.1) is 0 Å². The molecule has 0 bridgehead atoms. The van der Waals surface area contributed by atoms with Gasteiger partial charge in [-0.1, -0.05) is 0 Å². The van der Waals surface area contributed by atoms with E-state index in [1.807, 2.05) is 5.43 Å². The van der Waals surface area contributed by atoms with Gasteiger partial charge in [0.1, 0.15) is 6.10 Å². The molecule has 0 aromatic heterocycles. The van der Waals surface area contributed by atoms with Crippen LogP contribution in [0.3, 0.4) is 0 Å². The molecule has 0 aromatic carbocycles. The molecule has 5 nitrogen and oxygen atoms in total. The van der Waals surface area contributed by atoms with Crippen molar-refractivity contribution in [3.05, 3.63) is 0 Å². The number of hydrogen-bond acceptors (Lipinski definition) is 4. The van der Waals surface area contributed by atoms with E-state index in [9.17, 15) is 4.79 Å². The van der Waals surface area contributed by atoms with Crippen LogP contribution in [0.1, 0.15) is 12.8 Å². The molecule has 64 valence electrons. The summed E-state index contributed by atoms with van der Waals surface area (Å²) in [6.45, 7) is 1.81. The van der Waals surface area contributed by atoms with Crippen LogP contribution >= 0.6 is 0 Å². The highest BCUT2D eigenvalue weighted by Crippen LogP contribution is 2.06. The zero-order valence-electron chi connectivity index (χ0n) is 6.30. The number of rotatable bonds is 1. The number of carbonyl (C=O) groups excluding carboxylic acids is 1. The van der Waals surface area contributed by atoms with E-state index in [-0.39, 0.29) is 6.10 Å². The summed E-state index contributed by atoms with van der Waals surface area (Å²) in [7, 11) is 0. The lowest BCUT2D eigenvalue weighted by Crippen LogP contribution is -2.38. The molecule has 5 heteroatoms. The second-order valence-electron chi connectivity index (χ2n) is 2.50. The Kier molecular flexibility index (Phi) is 3.13. The van der Waals surface area contributed by atoms with Gasteiger partial charge in [0.05, 0.1) is 0 Å². The fourth-order valence-corrected chi connectivity index (χ4v) is 1.10. The summed E-state index contributed by atoms with van der Waals surface area (Å²) < 4.78 is 4.93. The van der Waals surface area contributed by atoms with Gasteiger partial charge < -0.3 is 10.1 Å². The van der Waals surface area contributed by atoms with E-state index in [0.717, 1.165) is 25.9 Å². The van der Waals surface area contributed by atoms with Gasteiger partial charge in [-0.05, 0) is 25.9 Å². The standard InChI is InChI=1S/C6H13N3O2/c7-9-6(10)11-5-1-3-8-4-2-5/h5,8H,1-4,7H2,(H,9,10). The van der Waals surface area contributed by atoms with E-state index in [0.29, 0.717) is 0 Å². The third-order valence-corrected chi connectivity index (χ3v) is 1.68. The average Bonchev–Trinajstić information content (AvgIpc) is 2.06. The number of nitrogens with one attached hydrogen (secondary N) is 2. The van der Waals surface area contributed by atoms with Crippen molar-refractivity contribution in [1.29, 1.82) is 0 Å². The van der Waals surface area contributed by atoms with Gasteiger partial charge in [-0.2, -0.15) is 0 Å². The van der Waals surface area contributed by atoms with E-state index in [2.05, 4.69) is 5.32 Å². The second kappa shape index (κ2) is 4.15. The summed E-state index contributed by atoms with van der Waals surface area (Å²) in [5.41, 5.74) is 1.93. The number of piperidine rings is 1. The third kappa shape index (κ3) is 2.73. The van der Waals surface area contributed by atoms with Crippen molar-refractivity contribution < 1.29 is 9.53 Å². The van der Waals surface area contributed by atoms with Gasteiger partial charge in [0, 0.05) is 0 Å². The highest BCUT2D eigenvalue weighted by atomic mass is 16.6. The lowest BCUT2D eigenvalue weighted by Gasteiger charge is -2.22. The number of hydrazine groups is 1. The summed E-state index contributed by atoms with van der Waals surface area (Å²) in [6, 6.07) is 0. The highest BCUT2D eigenvalue weighted by molar-refractivity contribution is 5.66.